The molecule has 0 spiro atoms. The maximum atomic E-state index is 6.05. The van der Waals surface area contributed by atoms with E-state index in [0.717, 1.165) is 24.2 Å². The van der Waals surface area contributed by atoms with Crippen LogP contribution < -0.4 is 15.8 Å². The lowest BCUT2D eigenvalue weighted by atomic mass is 10.0. The number of para-hydroxylation sites is 1. The van der Waals surface area contributed by atoms with E-state index in [1.807, 2.05) is 36.7 Å². The summed E-state index contributed by atoms with van der Waals surface area (Å²) in [6, 6.07) is 10.2. The number of rotatable bonds is 4. The van der Waals surface area contributed by atoms with Gasteiger partial charge in [-0.3, -0.25) is 9.98 Å². The molecule has 0 bridgehead atoms. The molecule has 0 aliphatic carbocycles. The van der Waals surface area contributed by atoms with Crippen LogP contribution in [-0.4, -0.2) is 24.1 Å². The van der Waals surface area contributed by atoms with Gasteiger partial charge in [0.1, 0.15) is 5.75 Å². The Morgan fingerprint density at radius 1 is 1.38 bits per heavy atom. The number of pyridine rings is 1. The third-order valence-electron chi connectivity index (χ3n) is 4.08. The average Bonchev–Trinajstić information content (AvgIpc) is 2.57. The summed E-state index contributed by atoms with van der Waals surface area (Å²) in [7, 11) is 0. The van der Waals surface area contributed by atoms with Gasteiger partial charge in [0, 0.05) is 30.9 Å². The van der Waals surface area contributed by atoms with E-state index in [9.17, 15) is 0 Å². The van der Waals surface area contributed by atoms with Crippen molar-refractivity contribution < 1.29 is 4.74 Å². The Morgan fingerprint density at radius 3 is 3.04 bits per heavy atom. The summed E-state index contributed by atoms with van der Waals surface area (Å²) in [5, 5.41) is 3.31. The molecule has 0 saturated heterocycles. The first-order valence-corrected chi connectivity index (χ1v) is 7.91. The topological polar surface area (TPSA) is 72.5 Å². The molecule has 1 unspecified atom stereocenters. The van der Waals surface area contributed by atoms with Crippen molar-refractivity contribution in [2.45, 2.75) is 25.8 Å². The van der Waals surface area contributed by atoms with E-state index in [1.54, 1.807) is 0 Å². The maximum absolute atomic E-state index is 6.05. The Balaban J connectivity index is 0.00000208. The predicted molar refractivity (Wildman–Crippen MR) is 107 cm³/mol. The summed E-state index contributed by atoms with van der Waals surface area (Å²) in [5.41, 5.74) is 9.64. The number of nitrogens with one attached hydrogen (secondary N) is 1. The Kier molecular flexibility index (Phi) is 6.84. The number of fused-ring (bicyclic) bond motifs is 1. The molecular formula is C18H23IN4O. The smallest absolute Gasteiger partial charge is 0.189 e. The van der Waals surface area contributed by atoms with Gasteiger partial charge >= 0.3 is 0 Å². The molecule has 128 valence electrons. The fourth-order valence-electron chi connectivity index (χ4n) is 2.80. The fraction of sp³-hybridized carbons (Fsp3) is 0.333. The minimum absolute atomic E-state index is 0. The van der Waals surface area contributed by atoms with Crippen molar-refractivity contribution in [1.82, 2.24) is 10.3 Å². The van der Waals surface area contributed by atoms with Gasteiger partial charge in [-0.15, -0.1) is 24.0 Å². The zero-order valence-electron chi connectivity index (χ0n) is 13.7. The normalized spacial score (nSPS) is 16.5. The van der Waals surface area contributed by atoms with Gasteiger partial charge in [-0.05, 0) is 36.6 Å². The highest BCUT2D eigenvalue weighted by Gasteiger charge is 2.21. The molecule has 0 saturated carbocycles. The molecule has 5 nitrogen and oxygen atoms in total. The molecule has 0 fully saturated rings. The van der Waals surface area contributed by atoms with Gasteiger partial charge in [0.25, 0.3) is 0 Å². The highest BCUT2D eigenvalue weighted by molar-refractivity contribution is 14.0. The number of aryl methyl sites for hydroxylation is 1. The Labute approximate surface area is 159 Å². The van der Waals surface area contributed by atoms with E-state index in [0.29, 0.717) is 19.1 Å². The molecule has 3 rings (SSSR count). The van der Waals surface area contributed by atoms with Crippen molar-refractivity contribution in [3.63, 3.8) is 0 Å². The highest BCUT2D eigenvalue weighted by Crippen LogP contribution is 2.31. The van der Waals surface area contributed by atoms with Crippen LogP contribution in [0.3, 0.4) is 0 Å². The molecule has 1 aliphatic heterocycles. The number of hydrogen-bond acceptors (Lipinski definition) is 3. The molecule has 1 aromatic carbocycles. The second kappa shape index (κ2) is 8.86. The number of nitrogens with two attached hydrogens (primary N) is 1. The maximum Gasteiger partial charge on any atom is 0.189 e. The molecule has 0 radical (unpaired) electrons. The summed E-state index contributed by atoms with van der Waals surface area (Å²) in [4.78, 5) is 8.55. The summed E-state index contributed by atoms with van der Waals surface area (Å²) in [6.07, 6.45) is 5.43. The van der Waals surface area contributed by atoms with Gasteiger partial charge in [0.15, 0.2) is 5.96 Å². The van der Waals surface area contributed by atoms with E-state index in [1.165, 1.54) is 11.1 Å². The number of benzene rings is 1. The number of aliphatic imine (C=N–C) groups is 1. The highest BCUT2D eigenvalue weighted by atomic mass is 127. The Morgan fingerprint density at radius 2 is 2.21 bits per heavy atom. The minimum Gasteiger partial charge on any atom is -0.493 e. The second-order valence-electron chi connectivity index (χ2n) is 5.69. The minimum atomic E-state index is 0. The molecule has 24 heavy (non-hydrogen) atoms. The molecule has 1 aromatic heterocycles. The molecule has 0 amide bonds. The third kappa shape index (κ3) is 4.59. The zero-order chi connectivity index (χ0) is 16.1. The standard InChI is InChI=1S/C18H22N4O.HI/c1-13-12-20-9-6-14(13)7-10-21-18(19)22-16-8-11-23-17-5-3-2-4-15(16)17;/h2-6,9,12,16H,7-8,10-11H2,1H3,(H3,19,21,22);1H. The second-order valence-corrected chi connectivity index (χ2v) is 5.69. The molecule has 2 aromatic rings. The van der Waals surface area contributed by atoms with Crippen molar-refractivity contribution in [2.75, 3.05) is 13.2 Å². The van der Waals surface area contributed by atoms with Crippen molar-refractivity contribution in [1.29, 1.82) is 0 Å². The third-order valence-corrected chi connectivity index (χ3v) is 4.08. The van der Waals surface area contributed by atoms with Gasteiger partial charge in [-0.1, -0.05) is 18.2 Å². The van der Waals surface area contributed by atoms with Gasteiger partial charge in [-0.25, -0.2) is 0 Å². The molecule has 6 heteroatoms. The van der Waals surface area contributed by atoms with Crippen molar-refractivity contribution in [2.24, 2.45) is 10.7 Å². The first-order valence-electron chi connectivity index (χ1n) is 7.91. The van der Waals surface area contributed by atoms with Crippen LogP contribution in [0.5, 0.6) is 5.75 Å². The van der Waals surface area contributed by atoms with Gasteiger partial charge in [0.2, 0.25) is 0 Å². The monoisotopic (exact) mass is 438 g/mol. The molecule has 3 N–H and O–H groups in total. The number of nitrogens with zero attached hydrogens (tertiary/aromatic N) is 2. The van der Waals surface area contributed by atoms with Crippen LogP contribution in [0.1, 0.15) is 29.2 Å². The Hall–Kier alpha value is -1.83. The molecule has 2 heterocycles. The summed E-state index contributed by atoms with van der Waals surface area (Å²) < 4.78 is 5.66. The van der Waals surface area contributed by atoms with Crippen molar-refractivity contribution in [3.8, 4) is 5.75 Å². The van der Waals surface area contributed by atoms with Crippen molar-refractivity contribution in [3.05, 3.63) is 59.4 Å². The van der Waals surface area contributed by atoms with Crippen molar-refractivity contribution >= 4 is 29.9 Å². The van der Waals surface area contributed by atoms with Crippen LogP contribution in [0, 0.1) is 6.92 Å². The van der Waals surface area contributed by atoms with Crippen LogP contribution in [0.25, 0.3) is 0 Å². The van der Waals surface area contributed by atoms with Crippen LogP contribution in [0.4, 0.5) is 0 Å². The van der Waals surface area contributed by atoms with E-state index < -0.39 is 0 Å². The summed E-state index contributed by atoms with van der Waals surface area (Å²) in [5.74, 6) is 1.41. The number of guanidine groups is 1. The summed E-state index contributed by atoms with van der Waals surface area (Å²) in [6.45, 7) is 3.42. The largest absolute Gasteiger partial charge is 0.493 e. The Bertz CT molecular complexity index is 705. The lowest BCUT2D eigenvalue weighted by Crippen LogP contribution is -2.37. The lowest BCUT2D eigenvalue weighted by Gasteiger charge is -2.26. The number of hydrogen-bond donors (Lipinski definition) is 2. The van der Waals surface area contributed by atoms with Gasteiger partial charge in [-0.2, -0.15) is 0 Å². The SMILES string of the molecule is Cc1cnccc1CCN=C(N)NC1CCOc2ccccc21.I. The van der Waals surface area contributed by atoms with Gasteiger partial charge in [0.05, 0.1) is 12.6 Å². The quantitative estimate of drug-likeness (QED) is 0.438. The van der Waals surface area contributed by atoms with Crippen LogP contribution in [0.15, 0.2) is 47.7 Å². The molecular weight excluding hydrogens is 415 g/mol. The fourth-order valence-corrected chi connectivity index (χ4v) is 2.80. The van der Waals surface area contributed by atoms with E-state index >= 15 is 0 Å². The molecule has 1 aliphatic rings. The van der Waals surface area contributed by atoms with E-state index in [4.69, 9.17) is 10.5 Å². The van der Waals surface area contributed by atoms with E-state index in [2.05, 4.69) is 28.3 Å². The first-order chi connectivity index (χ1) is 11.2. The molecule has 1 atom stereocenters. The first kappa shape index (κ1) is 18.5. The van der Waals surface area contributed by atoms with Crippen LogP contribution >= 0.6 is 24.0 Å². The van der Waals surface area contributed by atoms with Crippen LogP contribution in [-0.2, 0) is 6.42 Å². The number of halogens is 1. The van der Waals surface area contributed by atoms with Crippen LogP contribution in [0.2, 0.25) is 0 Å². The summed E-state index contributed by atoms with van der Waals surface area (Å²) >= 11 is 0. The van der Waals surface area contributed by atoms with Gasteiger partial charge < -0.3 is 15.8 Å². The average molecular weight is 438 g/mol. The van der Waals surface area contributed by atoms with E-state index in [-0.39, 0.29) is 30.0 Å². The predicted octanol–water partition coefficient (Wildman–Crippen LogP) is 2.98. The number of ether oxygens (including phenoxy) is 1. The number of aromatic nitrogens is 1. The lowest BCUT2D eigenvalue weighted by molar-refractivity contribution is 0.262. The zero-order valence-corrected chi connectivity index (χ0v) is 16.1.